The van der Waals surface area contributed by atoms with Gasteiger partial charge in [0.15, 0.2) is 0 Å². The number of carbonyl (C=O) groups excluding carboxylic acids is 1. The standard InChI is InChI=1S/C9H20N2O2S/c1-7(2)8(10)6-9(12)11-4-5-14(3)13/h7-8H,4-6,10H2,1-3H3,(H,11,12). The molecule has 0 aliphatic rings. The number of amides is 1. The van der Waals surface area contributed by atoms with Gasteiger partial charge in [0.25, 0.3) is 0 Å². The van der Waals surface area contributed by atoms with Gasteiger partial charge in [0.05, 0.1) is 0 Å². The Labute approximate surface area is 88.1 Å². The summed E-state index contributed by atoms with van der Waals surface area (Å²) in [6.45, 7) is 4.44. The van der Waals surface area contributed by atoms with Crippen LogP contribution < -0.4 is 11.1 Å². The van der Waals surface area contributed by atoms with E-state index in [1.165, 1.54) is 0 Å². The van der Waals surface area contributed by atoms with E-state index in [-0.39, 0.29) is 11.9 Å². The number of nitrogens with one attached hydrogen (secondary N) is 1. The van der Waals surface area contributed by atoms with Gasteiger partial charge in [0, 0.05) is 41.8 Å². The minimum atomic E-state index is -0.849. The molecule has 84 valence electrons. The van der Waals surface area contributed by atoms with Crippen molar-refractivity contribution in [2.24, 2.45) is 11.7 Å². The number of hydrogen-bond donors (Lipinski definition) is 2. The van der Waals surface area contributed by atoms with E-state index >= 15 is 0 Å². The zero-order valence-electron chi connectivity index (χ0n) is 9.08. The van der Waals surface area contributed by atoms with E-state index in [0.717, 1.165) is 0 Å². The molecule has 3 N–H and O–H groups in total. The van der Waals surface area contributed by atoms with E-state index in [2.05, 4.69) is 5.32 Å². The van der Waals surface area contributed by atoms with Gasteiger partial charge in [-0.05, 0) is 5.92 Å². The summed E-state index contributed by atoms with van der Waals surface area (Å²) in [7, 11) is -0.849. The minimum Gasteiger partial charge on any atom is -0.355 e. The molecule has 0 bridgehead atoms. The van der Waals surface area contributed by atoms with Crippen molar-refractivity contribution in [1.29, 1.82) is 0 Å². The fourth-order valence-electron chi connectivity index (χ4n) is 0.856. The molecule has 0 saturated heterocycles. The first kappa shape index (κ1) is 13.6. The van der Waals surface area contributed by atoms with Crippen LogP contribution in [0.2, 0.25) is 0 Å². The Hall–Kier alpha value is -0.420. The number of nitrogens with two attached hydrogens (primary N) is 1. The number of hydrogen-bond acceptors (Lipinski definition) is 3. The van der Waals surface area contributed by atoms with Crippen LogP contribution in [-0.4, -0.2) is 34.7 Å². The molecule has 0 fully saturated rings. The van der Waals surface area contributed by atoms with Gasteiger partial charge in [0.2, 0.25) is 5.91 Å². The van der Waals surface area contributed by atoms with Crippen molar-refractivity contribution in [3.63, 3.8) is 0 Å². The van der Waals surface area contributed by atoms with Crippen LogP contribution in [0.1, 0.15) is 20.3 Å². The van der Waals surface area contributed by atoms with Gasteiger partial charge in [-0.15, -0.1) is 0 Å². The lowest BCUT2D eigenvalue weighted by Gasteiger charge is -2.14. The van der Waals surface area contributed by atoms with E-state index in [1.807, 2.05) is 13.8 Å². The summed E-state index contributed by atoms with van der Waals surface area (Å²) in [5.74, 6) is 0.751. The van der Waals surface area contributed by atoms with Gasteiger partial charge in [-0.2, -0.15) is 0 Å². The molecular formula is C9H20N2O2S. The highest BCUT2D eigenvalue weighted by atomic mass is 32.2. The molecule has 0 aliphatic heterocycles. The molecule has 14 heavy (non-hydrogen) atoms. The Balaban J connectivity index is 3.60. The van der Waals surface area contributed by atoms with Crippen molar-refractivity contribution in [2.45, 2.75) is 26.3 Å². The third kappa shape index (κ3) is 7.03. The van der Waals surface area contributed by atoms with Crippen molar-refractivity contribution >= 4 is 16.7 Å². The zero-order valence-corrected chi connectivity index (χ0v) is 9.89. The van der Waals surface area contributed by atoms with E-state index in [4.69, 9.17) is 5.73 Å². The molecule has 1 amide bonds. The zero-order chi connectivity index (χ0) is 11.1. The van der Waals surface area contributed by atoms with E-state index in [0.29, 0.717) is 24.6 Å². The second kappa shape index (κ2) is 6.95. The molecule has 0 spiro atoms. The summed E-state index contributed by atoms with van der Waals surface area (Å²) in [6, 6.07) is -0.0953. The van der Waals surface area contributed by atoms with E-state index < -0.39 is 10.8 Å². The Morgan fingerprint density at radius 3 is 2.50 bits per heavy atom. The first-order valence-electron chi connectivity index (χ1n) is 4.75. The topological polar surface area (TPSA) is 72.2 Å². The van der Waals surface area contributed by atoms with Crippen LogP contribution in [-0.2, 0) is 15.6 Å². The maximum Gasteiger partial charge on any atom is 0.221 e. The quantitative estimate of drug-likeness (QED) is 0.654. The molecule has 0 rings (SSSR count). The predicted octanol–water partition coefficient (Wildman–Crippen LogP) is -0.145. The SMILES string of the molecule is CC(C)C(N)CC(=O)NCCS(C)=O. The second-order valence-corrected chi connectivity index (χ2v) is 5.29. The molecule has 0 aromatic rings. The van der Waals surface area contributed by atoms with Crippen molar-refractivity contribution in [3.8, 4) is 0 Å². The number of carbonyl (C=O) groups is 1. The van der Waals surface area contributed by atoms with Gasteiger partial charge in [-0.3, -0.25) is 9.00 Å². The smallest absolute Gasteiger partial charge is 0.221 e. The fraction of sp³-hybridized carbons (Fsp3) is 0.889. The van der Waals surface area contributed by atoms with Crippen LogP contribution in [0.25, 0.3) is 0 Å². The normalized spacial score (nSPS) is 15.2. The molecule has 0 aliphatic carbocycles. The Kier molecular flexibility index (Phi) is 6.74. The average Bonchev–Trinajstić information content (AvgIpc) is 2.02. The predicted molar refractivity (Wildman–Crippen MR) is 59.4 cm³/mol. The summed E-state index contributed by atoms with van der Waals surface area (Å²) in [6.07, 6.45) is 1.96. The molecule has 4 nitrogen and oxygen atoms in total. The van der Waals surface area contributed by atoms with E-state index in [9.17, 15) is 9.00 Å². The van der Waals surface area contributed by atoms with Gasteiger partial charge >= 0.3 is 0 Å². The van der Waals surface area contributed by atoms with Gasteiger partial charge in [-0.1, -0.05) is 13.8 Å². The van der Waals surface area contributed by atoms with Crippen molar-refractivity contribution < 1.29 is 9.00 Å². The van der Waals surface area contributed by atoms with Gasteiger partial charge < -0.3 is 11.1 Å². The lowest BCUT2D eigenvalue weighted by molar-refractivity contribution is -0.121. The molecule has 0 radical (unpaired) electrons. The third-order valence-corrected chi connectivity index (χ3v) is 2.77. The summed E-state index contributed by atoms with van der Waals surface area (Å²) in [4.78, 5) is 11.2. The first-order chi connectivity index (χ1) is 6.43. The maximum atomic E-state index is 11.2. The summed E-state index contributed by atoms with van der Waals surface area (Å²) in [5.41, 5.74) is 5.73. The fourth-order valence-corrected chi connectivity index (χ4v) is 1.25. The van der Waals surface area contributed by atoms with Crippen LogP contribution in [0.3, 0.4) is 0 Å². The van der Waals surface area contributed by atoms with E-state index in [1.54, 1.807) is 6.26 Å². The van der Waals surface area contributed by atoms with Crippen LogP contribution in [0, 0.1) is 5.92 Å². The molecular weight excluding hydrogens is 200 g/mol. The monoisotopic (exact) mass is 220 g/mol. The largest absolute Gasteiger partial charge is 0.355 e. The average molecular weight is 220 g/mol. The summed E-state index contributed by atoms with van der Waals surface area (Å²) < 4.78 is 10.7. The molecule has 0 aromatic heterocycles. The van der Waals surface area contributed by atoms with Crippen molar-refractivity contribution in [3.05, 3.63) is 0 Å². The highest BCUT2D eigenvalue weighted by Gasteiger charge is 2.12. The highest BCUT2D eigenvalue weighted by Crippen LogP contribution is 2.01. The Bertz CT molecular complexity index is 207. The van der Waals surface area contributed by atoms with Crippen LogP contribution in [0.4, 0.5) is 0 Å². The lowest BCUT2D eigenvalue weighted by atomic mass is 10.0. The highest BCUT2D eigenvalue weighted by molar-refractivity contribution is 7.84. The number of rotatable bonds is 6. The van der Waals surface area contributed by atoms with Crippen LogP contribution in [0.5, 0.6) is 0 Å². The molecule has 0 heterocycles. The minimum absolute atomic E-state index is 0.0587. The Morgan fingerprint density at radius 2 is 2.07 bits per heavy atom. The van der Waals surface area contributed by atoms with Crippen molar-refractivity contribution in [1.82, 2.24) is 5.32 Å². The first-order valence-corrected chi connectivity index (χ1v) is 6.48. The summed E-state index contributed by atoms with van der Waals surface area (Å²) in [5, 5.41) is 2.69. The molecule has 2 atom stereocenters. The second-order valence-electron chi connectivity index (χ2n) is 3.74. The molecule has 2 unspecified atom stereocenters. The van der Waals surface area contributed by atoms with Gasteiger partial charge in [0.1, 0.15) is 0 Å². The molecule has 0 aromatic carbocycles. The van der Waals surface area contributed by atoms with Crippen LogP contribution in [0.15, 0.2) is 0 Å². The van der Waals surface area contributed by atoms with Crippen LogP contribution >= 0.6 is 0 Å². The molecule has 0 saturated carbocycles. The summed E-state index contributed by atoms with van der Waals surface area (Å²) >= 11 is 0. The van der Waals surface area contributed by atoms with Crippen molar-refractivity contribution in [2.75, 3.05) is 18.6 Å². The molecule has 5 heteroatoms. The Morgan fingerprint density at radius 1 is 1.50 bits per heavy atom. The third-order valence-electron chi connectivity index (χ3n) is 1.99. The maximum absolute atomic E-state index is 11.2. The lowest BCUT2D eigenvalue weighted by Crippen LogP contribution is -2.36. The van der Waals surface area contributed by atoms with Gasteiger partial charge in [-0.25, -0.2) is 0 Å².